The molecule has 0 saturated heterocycles. The Hall–Kier alpha value is -2.00. The maximum atomic E-state index is 11.9. The molecule has 0 fully saturated rings. The smallest absolute Gasteiger partial charge is 0.322 e. The molecule has 0 aliphatic heterocycles. The molecule has 3 heterocycles. The highest BCUT2D eigenvalue weighted by Gasteiger charge is 2.13. The highest BCUT2D eigenvalue weighted by Crippen LogP contribution is 2.27. The molecule has 3 aromatic rings. The van der Waals surface area contributed by atoms with Gasteiger partial charge in [-0.05, 0) is 11.4 Å². The third-order valence-electron chi connectivity index (χ3n) is 2.75. The molecule has 0 saturated carbocycles. The van der Waals surface area contributed by atoms with E-state index in [0.717, 1.165) is 15.2 Å². The zero-order chi connectivity index (χ0) is 15.5. The number of nitrogens with zero attached hydrogens (tertiary/aromatic N) is 4. The molecule has 0 unspecified atom stereocenters. The van der Waals surface area contributed by atoms with Crippen molar-refractivity contribution in [2.45, 2.75) is 24.8 Å². The fraction of sp³-hybridized carbons (Fsp3) is 0.308. The van der Waals surface area contributed by atoms with Crippen LogP contribution in [0.5, 0.6) is 0 Å². The summed E-state index contributed by atoms with van der Waals surface area (Å²) in [7, 11) is 0. The van der Waals surface area contributed by atoms with Crippen molar-refractivity contribution in [3.05, 3.63) is 23.7 Å². The number of carbonyl (C=O) groups excluding carboxylic acids is 1. The van der Waals surface area contributed by atoms with Gasteiger partial charge in [-0.2, -0.15) is 0 Å². The van der Waals surface area contributed by atoms with Gasteiger partial charge in [-0.25, -0.2) is 9.97 Å². The molecule has 0 aromatic carbocycles. The molecule has 0 bridgehead atoms. The summed E-state index contributed by atoms with van der Waals surface area (Å²) in [6, 6.07) is 2.07. The summed E-state index contributed by atoms with van der Waals surface area (Å²) in [5.74, 6) is 0.617. The van der Waals surface area contributed by atoms with Crippen LogP contribution in [0.2, 0.25) is 0 Å². The summed E-state index contributed by atoms with van der Waals surface area (Å²) in [6.07, 6.45) is 1.51. The minimum absolute atomic E-state index is 0.123. The lowest BCUT2D eigenvalue weighted by atomic mass is 10.2. The third kappa shape index (κ3) is 3.25. The van der Waals surface area contributed by atoms with Crippen molar-refractivity contribution in [1.29, 1.82) is 0 Å². The number of nitrogens with one attached hydrogen (secondary N) is 1. The molecule has 0 aliphatic carbocycles. The Morgan fingerprint density at radius 3 is 3.05 bits per heavy atom. The first-order chi connectivity index (χ1) is 10.6. The van der Waals surface area contributed by atoms with Gasteiger partial charge < -0.3 is 4.42 Å². The van der Waals surface area contributed by atoms with Gasteiger partial charge in [0.1, 0.15) is 16.2 Å². The van der Waals surface area contributed by atoms with Gasteiger partial charge in [0.15, 0.2) is 0 Å². The van der Waals surface area contributed by atoms with Crippen molar-refractivity contribution in [2.75, 3.05) is 11.1 Å². The van der Waals surface area contributed by atoms with Crippen LogP contribution in [0.3, 0.4) is 0 Å². The Kier molecular flexibility index (Phi) is 4.34. The van der Waals surface area contributed by atoms with E-state index in [0.29, 0.717) is 5.89 Å². The summed E-state index contributed by atoms with van der Waals surface area (Å²) in [4.78, 5) is 21.2. The first kappa shape index (κ1) is 14.9. The van der Waals surface area contributed by atoms with Crippen LogP contribution in [0.25, 0.3) is 10.2 Å². The number of anilines is 1. The van der Waals surface area contributed by atoms with Gasteiger partial charge in [-0.15, -0.1) is 16.4 Å². The lowest BCUT2D eigenvalue weighted by Crippen LogP contribution is -2.14. The normalized spacial score (nSPS) is 11.2. The quantitative estimate of drug-likeness (QED) is 0.566. The van der Waals surface area contributed by atoms with Crippen LogP contribution >= 0.6 is 23.1 Å². The molecule has 0 atom stereocenters. The summed E-state index contributed by atoms with van der Waals surface area (Å²) >= 11 is 2.89. The Labute approximate surface area is 134 Å². The summed E-state index contributed by atoms with van der Waals surface area (Å²) in [6.45, 7) is 3.88. The molecule has 0 aliphatic rings. The van der Waals surface area contributed by atoms with E-state index in [-0.39, 0.29) is 23.6 Å². The Balaban J connectivity index is 1.61. The van der Waals surface area contributed by atoms with E-state index in [1.165, 1.54) is 18.1 Å². The van der Waals surface area contributed by atoms with Gasteiger partial charge in [0, 0.05) is 11.3 Å². The molecule has 7 nitrogen and oxygen atoms in total. The highest BCUT2D eigenvalue weighted by atomic mass is 32.2. The van der Waals surface area contributed by atoms with Gasteiger partial charge >= 0.3 is 6.01 Å². The minimum Gasteiger partial charge on any atom is -0.408 e. The number of thioether (sulfide) groups is 1. The van der Waals surface area contributed by atoms with Crippen LogP contribution in [-0.2, 0) is 4.79 Å². The first-order valence-electron chi connectivity index (χ1n) is 6.57. The SMILES string of the molecule is CC(C)c1nnc(NC(=O)CSc2ncnc3sccc23)o1. The molecule has 1 N–H and O–H groups in total. The molecule has 3 rings (SSSR count). The fourth-order valence-electron chi connectivity index (χ4n) is 1.69. The largest absolute Gasteiger partial charge is 0.408 e. The van der Waals surface area contributed by atoms with Gasteiger partial charge in [0.05, 0.1) is 5.75 Å². The zero-order valence-corrected chi connectivity index (χ0v) is 13.6. The lowest BCUT2D eigenvalue weighted by Gasteiger charge is -2.02. The monoisotopic (exact) mass is 335 g/mol. The molecule has 3 aromatic heterocycles. The number of carbonyl (C=O) groups is 1. The molecule has 9 heteroatoms. The number of aromatic nitrogens is 4. The summed E-state index contributed by atoms with van der Waals surface area (Å²) in [5.41, 5.74) is 0. The average molecular weight is 335 g/mol. The molecule has 0 radical (unpaired) electrons. The number of hydrogen-bond acceptors (Lipinski definition) is 8. The standard InChI is InChI=1S/C13H13N5O2S2/c1-7(2)10-17-18-13(20-10)16-9(19)5-22-12-8-3-4-21-11(8)14-6-15-12/h3-4,6-7H,5H2,1-2H3,(H,16,18,19). The maximum absolute atomic E-state index is 11.9. The summed E-state index contributed by atoms with van der Waals surface area (Å²) in [5, 5.41) is 13.9. The third-order valence-corrected chi connectivity index (χ3v) is 4.57. The Morgan fingerprint density at radius 2 is 2.27 bits per heavy atom. The van der Waals surface area contributed by atoms with E-state index < -0.39 is 0 Å². The fourth-order valence-corrected chi connectivity index (χ4v) is 3.27. The molecule has 0 spiro atoms. The van der Waals surface area contributed by atoms with Gasteiger partial charge in [0.2, 0.25) is 11.8 Å². The highest BCUT2D eigenvalue weighted by molar-refractivity contribution is 8.00. The Bertz CT molecular complexity index is 798. The van der Waals surface area contributed by atoms with Crippen LogP contribution in [0, 0.1) is 0 Å². The first-order valence-corrected chi connectivity index (χ1v) is 8.44. The lowest BCUT2D eigenvalue weighted by molar-refractivity contribution is -0.113. The van der Waals surface area contributed by atoms with E-state index in [1.807, 2.05) is 25.3 Å². The number of thiophene rings is 1. The van der Waals surface area contributed by atoms with Crippen molar-refractivity contribution in [3.8, 4) is 0 Å². The van der Waals surface area contributed by atoms with Crippen LogP contribution in [0.1, 0.15) is 25.7 Å². The van der Waals surface area contributed by atoms with Crippen LogP contribution in [0.15, 0.2) is 27.2 Å². The molecular formula is C13H13N5O2S2. The van der Waals surface area contributed by atoms with Crippen LogP contribution < -0.4 is 5.32 Å². The van der Waals surface area contributed by atoms with Crippen LogP contribution in [-0.4, -0.2) is 31.8 Å². The van der Waals surface area contributed by atoms with E-state index in [2.05, 4.69) is 25.5 Å². The van der Waals surface area contributed by atoms with Crippen LogP contribution in [0.4, 0.5) is 6.01 Å². The molecule has 1 amide bonds. The van der Waals surface area contributed by atoms with E-state index in [4.69, 9.17) is 4.42 Å². The van der Waals surface area contributed by atoms with Crippen molar-refractivity contribution >= 4 is 45.2 Å². The predicted octanol–water partition coefficient (Wildman–Crippen LogP) is 2.93. The van der Waals surface area contributed by atoms with E-state index >= 15 is 0 Å². The zero-order valence-electron chi connectivity index (χ0n) is 11.9. The van der Waals surface area contributed by atoms with Crippen molar-refractivity contribution in [3.63, 3.8) is 0 Å². The van der Waals surface area contributed by atoms with E-state index in [1.54, 1.807) is 11.3 Å². The van der Waals surface area contributed by atoms with Gasteiger partial charge in [-0.1, -0.05) is 30.7 Å². The maximum Gasteiger partial charge on any atom is 0.322 e. The molecular weight excluding hydrogens is 322 g/mol. The summed E-state index contributed by atoms with van der Waals surface area (Å²) < 4.78 is 5.34. The number of hydrogen-bond donors (Lipinski definition) is 1. The average Bonchev–Trinajstić information content (AvgIpc) is 3.13. The second kappa shape index (κ2) is 6.41. The van der Waals surface area contributed by atoms with Crippen molar-refractivity contribution < 1.29 is 9.21 Å². The van der Waals surface area contributed by atoms with E-state index in [9.17, 15) is 4.79 Å². The van der Waals surface area contributed by atoms with Gasteiger partial charge in [0.25, 0.3) is 0 Å². The molecule has 22 heavy (non-hydrogen) atoms. The number of rotatable bonds is 5. The number of amides is 1. The topological polar surface area (TPSA) is 93.8 Å². The Morgan fingerprint density at radius 1 is 1.41 bits per heavy atom. The molecule has 114 valence electrons. The van der Waals surface area contributed by atoms with Crippen molar-refractivity contribution in [1.82, 2.24) is 20.2 Å². The van der Waals surface area contributed by atoms with Gasteiger partial charge in [-0.3, -0.25) is 10.1 Å². The minimum atomic E-state index is -0.217. The van der Waals surface area contributed by atoms with Crippen molar-refractivity contribution in [2.24, 2.45) is 0 Å². The second-order valence-electron chi connectivity index (χ2n) is 4.76. The predicted molar refractivity (Wildman–Crippen MR) is 85.2 cm³/mol. The second-order valence-corrected chi connectivity index (χ2v) is 6.61. The number of fused-ring (bicyclic) bond motifs is 1.